The van der Waals surface area contributed by atoms with Gasteiger partial charge < -0.3 is 10.6 Å². The largest absolute Gasteiger partial charge is 0.354 e. The van der Waals surface area contributed by atoms with Crippen LogP contribution in [0.15, 0.2) is 29.2 Å². The van der Waals surface area contributed by atoms with Gasteiger partial charge in [-0.3, -0.25) is 14.9 Å². The fourth-order valence-corrected chi connectivity index (χ4v) is 2.06. The number of likely N-dealkylation sites (N-methyl/N-ethyl adjacent to an activating group) is 1. The maximum absolute atomic E-state index is 11.5. The number of carbonyl (C=O) groups excluding carboxylic acids is 1. The lowest BCUT2D eigenvalue weighted by Gasteiger charge is -2.05. The fourth-order valence-electron chi connectivity index (χ4n) is 1.33. The van der Waals surface area contributed by atoms with Crippen LogP contribution in [0.3, 0.4) is 0 Å². The summed E-state index contributed by atoms with van der Waals surface area (Å²) in [5, 5.41) is 16.4. The van der Waals surface area contributed by atoms with Crippen LogP contribution in [0.25, 0.3) is 0 Å². The van der Waals surface area contributed by atoms with Crippen molar-refractivity contribution in [3.63, 3.8) is 0 Å². The van der Waals surface area contributed by atoms with E-state index >= 15 is 0 Å². The second kappa shape index (κ2) is 10.5. The Kier molecular flexibility index (Phi) is 9.79. The molecule has 1 rings (SSSR count). The number of nitrogens with one attached hydrogen (secondary N) is 2. The zero-order valence-corrected chi connectivity index (χ0v) is 12.8. The number of rotatable bonds is 8. The van der Waals surface area contributed by atoms with Crippen molar-refractivity contribution in [2.75, 3.05) is 25.4 Å². The standard InChI is InChI=1S/C12H17N3O3S.ClH/c1-2-13-7-8-14-12(16)9-19-11-5-3-10(4-6-11)15(17)18;/h3-6,13H,2,7-9H2,1H3,(H,14,16);1H. The number of amides is 1. The van der Waals surface area contributed by atoms with Gasteiger partial charge in [0.1, 0.15) is 0 Å². The lowest BCUT2D eigenvalue weighted by atomic mass is 10.3. The minimum atomic E-state index is -0.443. The average Bonchev–Trinajstić information content (AvgIpc) is 2.42. The van der Waals surface area contributed by atoms with Crippen LogP contribution in [-0.4, -0.2) is 36.2 Å². The van der Waals surface area contributed by atoms with Crippen LogP contribution in [-0.2, 0) is 4.79 Å². The quantitative estimate of drug-likeness (QED) is 0.330. The number of benzene rings is 1. The van der Waals surface area contributed by atoms with Crippen LogP contribution in [0, 0.1) is 10.1 Å². The van der Waals surface area contributed by atoms with Crippen molar-refractivity contribution in [2.45, 2.75) is 11.8 Å². The van der Waals surface area contributed by atoms with Crippen molar-refractivity contribution in [1.29, 1.82) is 0 Å². The highest BCUT2D eigenvalue weighted by Gasteiger charge is 2.06. The monoisotopic (exact) mass is 319 g/mol. The predicted octanol–water partition coefficient (Wildman–Crippen LogP) is 1.83. The topological polar surface area (TPSA) is 84.3 Å². The molecule has 0 saturated carbocycles. The van der Waals surface area contributed by atoms with Crippen molar-refractivity contribution in [3.05, 3.63) is 34.4 Å². The molecule has 0 unspecified atom stereocenters. The number of halogens is 1. The summed E-state index contributed by atoms with van der Waals surface area (Å²) in [4.78, 5) is 22.4. The summed E-state index contributed by atoms with van der Waals surface area (Å²) in [6.07, 6.45) is 0. The van der Waals surface area contributed by atoms with Gasteiger partial charge in [0.05, 0.1) is 10.7 Å². The van der Waals surface area contributed by atoms with Crippen LogP contribution in [0.5, 0.6) is 0 Å². The Hall–Kier alpha value is -1.31. The Morgan fingerprint density at radius 1 is 1.30 bits per heavy atom. The molecule has 2 N–H and O–H groups in total. The third kappa shape index (κ3) is 7.32. The highest BCUT2D eigenvalue weighted by Crippen LogP contribution is 2.20. The minimum Gasteiger partial charge on any atom is -0.354 e. The molecule has 6 nitrogen and oxygen atoms in total. The van der Waals surface area contributed by atoms with Gasteiger partial charge in [-0.05, 0) is 18.7 Å². The number of hydrogen-bond donors (Lipinski definition) is 2. The normalized spacial score (nSPS) is 9.65. The lowest BCUT2D eigenvalue weighted by Crippen LogP contribution is -2.32. The zero-order valence-electron chi connectivity index (χ0n) is 11.1. The number of non-ortho nitro benzene ring substituents is 1. The number of nitro groups is 1. The predicted molar refractivity (Wildman–Crippen MR) is 82.6 cm³/mol. The molecular weight excluding hydrogens is 302 g/mol. The van der Waals surface area contributed by atoms with Gasteiger partial charge in [0.15, 0.2) is 0 Å². The Balaban J connectivity index is 0.00000361. The van der Waals surface area contributed by atoms with E-state index in [-0.39, 0.29) is 24.0 Å². The first kappa shape index (κ1) is 18.7. The molecule has 0 aliphatic heterocycles. The molecule has 112 valence electrons. The van der Waals surface area contributed by atoms with Crippen molar-refractivity contribution in [2.24, 2.45) is 0 Å². The molecule has 0 aliphatic carbocycles. The highest BCUT2D eigenvalue weighted by atomic mass is 35.5. The summed E-state index contributed by atoms with van der Waals surface area (Å²) in [5.41, 5.74) is 0.0550. The molecule has 1 aromatic carbocycles. The molecule has 0 fully saturated rings. The molecule has 0 bridgehead atoms. The molecule has 0 aliphatic rings. The maximum Gasteiger partial charge on any atom is 0.269 e. The molecule has 1 amide bonds. The molecule has 20 heavy (non-hydrogen) atoms. The Labute approximate surface area is 128 Å². The fraction of sp³-hybridized carbons (Fsp3) is 0.417. The number of nitro benzene ring substituents is 1. The first-order chi connectivity index (χ1) is 9.13. The number of thioether (sulfide) groups is 1. The SMILES string of the molecule is CCNCCNC(=O)CSc1ccc([N+](=O)[O-])cc1.Cl. The number of hydrogen-bond acceptors (Lipinski definition) is 5. The zero-order chi connectivity index (χ0) is 14.1. The summed E-state index contributed by atoms with van der Waals surface area (Å²) in [7, 11) is 0. The highest BCUT2D eigenvalue weighted by molar-refractivity contribution is 8.00. The van der Waals surface area contributed by atoms with Gasteiger partial charge in [-0.25, -0.2) is 0 Å². The number of nitrogens with zero attached hydrogens (tertiary/aromatic N) is 1. The van der Waals surface area contributed by atoms with Gasteiger partial charge in [-0.2, -0.15) is 0 Å². The maximum atomic E-state index is 11.5. The van der Waals surface area contributed by atoms with Crippen molar-refractivity contribution >= 4 is 35.8 Å². The van der Waals surface area contributed by atoms with E-state index in [4.69, 9.17) is 0 Å². The molecule has 1 aromatic rings. The van der Waals surface area contributed by atoms with E-state index in [1.54, 1.807) is 12.1 Å². The second-order valence-electron chi connectivity index (χ2n) is 3.74. The van der Waals surface area contributed by atoms with Crippen molar-refractivity contribution in [1.82, 2.24) is 10.6 Å². The van der Waals surface area contributed by atoms with Crippen molar-refractivity contribution < 1.29 is 9.72 Å². The molecular formula is C12H18ClN3O3S. The van der Waals surface area contributed by atoms with Crippen LogP contribution >= 0.6 is 24.2 Å². The molecule has 0 heterocycles. The third-order valence-corrected chi connectivity index (χ3v) is 3.30. The lowest BCUT2D eigenvalue weighted by molar-refractivity contribution is -0.384. The second-order valence-corrected chi connectivity index (χ2v) is 4.79. The molecule has 8 heteroatoms. The smallest absolute Gasteiger partial charge is 0.269 e. The summed E-state index contributed by atoms with van der Waals surface area (Å²) < 4.78 is 0. The summed E-state index contributed by atoms with van der Waals surface area (Å²) in [6, 6.07) is 6.17. The van der Waals surface area contributed by atoms with Crippen LogP contribution < -0.4 is 10.6 Å². The van der Waals surface area contributed by atoms with E-state index in [1.807, 2.05) is 6.92 Å². The molecule has 0 radical (unpaired) electrons. The van der Waals surface area contributed by atoms with Gasteiger partial charge in [-0.1, -0.05) is 6.92 Å². The van der Waals surface area contributed by atoms with E-state index < -0.39 is 4.92 Å². The summed E-state index contributed by atoms with van der Waals surface area (Å²) in [6.45, 7) is 4.25. The Morgan fingerprint density at radius 3 is 2.50 bits per heavy atom. The first-order valence-corrected chi connectivity index (χ1v) is 6.96. The first-order valence-electron chi connectivity index (χ1n) is 5.98. The molecule has 0 atom stereocenters. The Bertz CT molecular complexity index is 428. The number of carbonyl (C=O) groups is 1. The third-order valence-electron chi connectivity index (χ3n) is 2.29. The molecule has 0 spiro atoms. The minimum absolute atomic E-state index is 0. The Morgan fingerprint density at radius 2 is 1.95 bits per heavy atom. The van der Waals surface area contributed by atoms with E-state index in [1.165, 1.54) is 23.9 Å². The van der Waals surface area contributed by atoms with E-state index in [0.29, 0.717) is 12.3 Å². The molecule has 0 aromatic heterocycles. The van der Waals surface area contributed by atoms with Crippen LogP contribution in [0.4, 0.5) is 5.69 Å². The van der Waals surface area contributed by atoms with Gasteiger partial charge in [0.2, 0.25) is 5.91 Å². The van der Waals surface area contributed by atoms with Crippen molar-refractivity contribution in [3.8, 4) is 0 Å². The van der Waals surface area contributed by atoms with Gasteiger partial charge in [-0.15, -0.1) is 24.2 Å². The van der Waals surface area contributed by atoms with E-state index in [9.17, 15) is 14.9 Å². The van der Waals surface area contributed by atoms with Gasteiger partial charge >= 0.3 is 0 Å². The van der Waals surface area contributed by atoms with Gasteiger partial charge in [0.25, 0.3) is 5.69 Å². The van der Waals surface area contributed by atoms with Crippen LogP contribution in [0.1, 0.15) is 6.92 Å². The van der Waals surface area contributed by atoms with E-state index in [2.05, 4.69) is 10.6 Å². The molecule has 0 saturated heterocycles. The summed E-state index contributed by atoms with van der Waals surface area (Å²) >= 11 is 1.36. The van der Waals surface area contributed by atoms with Crippen LogP contribution in [0.2, 0.25) is 0 Å². The van der Waals surface area contributed by atoms with Gasteiger partial charge in [0, 0.05) is 30.1 Å². The average molecular weight is 320 g/mol. The van der Waals surface area contributed by atoms with E-state index in [0.717, 1.165) is 18.0 Å². The summed E-state index contributed by atoms with van der Waals surface area (Å²) in [5.74, 6) is 0.269.